The molecule has 4 heterocycles. The van der Waals surface area contributed by atoms with Crippen LogP contribution in [0.15, 0.2) is 30.9 Å². The van der Waals surface area contributed by atoms with Gasteiger partial charge in [0.15, 0.2) is 11.6 Å². The number of pyridine rings is 1. The number of benzene rings is 1. The number of nitrogens with zero attached hydrogens (tertiary/aromatic N) is 4. The number of aromatic hydroxyl groups is 1. The monoisotopic (exact) mass is 528 g/mol. The van der Waals surface area contributed by atoms with E-state index in [1.54, 1.807) is 16.7 Å². The number of ether oxygens (including phenoxy) is 1. The van der Waals surface area contributed by atoms with Crippen LogP contribution >= 0.6 is 0 Å². The van der Waals surface area contributed by atoms with E-state index in [0.717, 1.165) is 6.07 Å². The highest BCUT2D eigenvalue weighted by Gasteiger charge is 2.49. The van der Waals surface area contributed by atoms with Gasteiger partial charge >= 0.3 is 0 Å². The Morgan fingerprint density at radius 1 is 1.24 bits per heavy atom. The SMILES string of the molecule is C=CC(=O)N1CCN2C(=O)c3c(N4CC(C)(O)CC4(C)C)nc(-c4c(O)cccc4F)c(F)c3OC[C@H]2C1. The lowest BCUT2D eigenvalue weighted by molar-refractivity contribution is -0.128. The molecule has 2 aromatic rings. The second-order valence-electron chi connectivity index (χ2n) is 11.0. The summed E-state index contributed by atoms with van der Waals surface area (Å²) >= 11 is 0. The normalized spacial score (nSPS) is 24.4. The van der Waals surface area contributed by atoms with E-state index in [1.165, 1.54) is 23.1 Å². The van der Waals surface area contributed by atoms with E-state index in [0.29, 0.717) is 6.42 Å². The summed E-state index contributed by atoms with van der Waals surface area (Å²) in [5.41, 5.74) is -2.96. The van der Waals surface area contributed by atoms with E-state index in [2.05, 4.69) is 11.6 Å². The Kier molecular flexibility index (Phi) is 6.09. The topological polar surface area (TPSA) is 106 Å². The van der Waals surface area contributed by atoms with E-state index in [1.807, 2.05) is 13.8 Å². The number of hydrogen-bond acceptors (Lipinski definition) is 7. The Morgan fingerprint density at radius 3 is 2.61 bits per heavy atom. The highest BCUT2D eigenvalue weighted by molar-refractivity contribution is 6.03. The standard InChI is InChI=1S/C27H30F2N4O5/c1-5-18(35)31-9-10-32-15(11-31)12-38-23-20(25(32)36)24(33-14-27(4,37)13-26(33,2)3)30-22(21(23)29)19-16(28)7-6-8-17(19)34/h5-8,15,34,37H,1,9-14H2,2-4H3/t15-,27?/m1/s1. The zero-order chi connectivity index (χ0) is 27.6. The molecule has 9 nitrogen and oxygen atoms in total. The first kappa shape index (κ1) is 25.9. The van der Waals surface area contributed by atoms with Gasteiger partial charge in [-0.1, -0.05) is 12.6 Å². The van der Waals surface area contributed by atoms with E-state index in [4.69, 9.17) is 4.74 Å². The number of rotatable bonds is 3. The maximum Gasteiger partial charge on any atom is 0.262 e. The van der Waals surface area contributed by atoms with Gasteiger partial charge in [-0.15, -0.1) is 0 Å². The first-order valence-electron chi connectivity index (χ1n) is 12.4. The van der Waals surface area contributed by atoms with Crippen LogP contribution in [0, 0.1) is 11.6 Å². The van der Waals surface area contributed by atoms with Crippen molar-refractivity contribution in [1.29, 1.82) is 0 Å². The number of carbonyl (C=O) groups is 2. The van der Waals surface area contributed by atoms with E-state index in [9.17, 15) is 24.2 Å². The summed E-state index contributed by atoms with van der Waals surface area (Å²) in [6.45, 7) is 9.45. The highest BCUT2D eigenvalue weighted by Crippen LogP contribution is 2.46. The molecule has 202 valence electrons. The average Bonchev–Trinajstić information content (AvgIpc) is 2.98. The van der Waals surface area contributed by atoms with Crippen molar-refractivity contribution in [1.82, 2.24) is 14.8 Å². The van der Waals surface area contributed by atoms with Gasteiger partial charge in [0.1, 0.15) is 35.2 Å². The number of aromatic nitrogens is 1. The summed E-state index contributed by atoms with van der Waals surface area (Å²) in [5, 5.41) is 21.3. The third-order valence-corrected chi connectivity index (χ3v) is 7.47. The van der Waals surface area contributed by atoms with Crippen LogP contribution < -0.4 is 9.64 Å². The van der Waals surface area contributed by atoms with Gasteiger partial charge in [-0.05, 0) is 39.0 Å². The molecule has 0 bridgehead atoms. The van der Waals surface area contributed by atoms with Crippen LogP contribution in [-0.4, -0.2) is 86.8 Å². The van der Waals surface area contributed by atoms with Crippen LogP contribution in [0.1, 0.15) is 37.6 Å². The average molecular weight is 529 g/mol. The molecule has 11 heteroatoms. The molecule has 0 aliphatic carbocycles. The molecule has 2 N–H and O–H groups in total. The van der Waals surface area contributed by atoms with Crippen molar-refractivity contribution in [3.63, 3.8) is 0 Å². The minimum absolute atomic E-state index is 0.0251. The summed E-state index contributed by atoms with van der Waals surface area (Å²) in [6, 6.07) is 3.00. The molecule has 0 radical (unpaired) electrons. The fraction of sp³-hybridized carbons (Fsp3) is 0.444. The van der Waals surface area contributed by atoms with Gasteiger partial charge in [-0.25, -0.2) is 13.8 Å². The van der Waals surface area contributed by atoms with Gasteiger partial charge in [-0.2, -0.15) is 0 Å². The van der Waals surface area contributed by atoms with Gasteiger partial charge in [0.2, 0.25) is 5.91 Å². The first-order chi connectivity index (χ1) is 17.8. The lowest BCUT2D eigenvalue weighted by Crippen LogP contribution is -2.57. The van der Waals surface area contributed by atoms with Crippen LogP contribution in [0.4, 0.5) is 14.6 Å². The molecule has 0 saturated carbocycles. The number of halogens is 2. The lowest BCUT2D eigenvalue weighted by Gasteiger charge is -2.40. The lowest BCUT2D eigenvalue weighted by atomic mass is 9.94. The maximum atomic E-state index is 16.1. The fourth-order valence-electron chi connectivity index (χ4n) is 5.88. The van der Waals surface area contributed by atoms with E-state index >= 15 is 4.39 Å². The molecule has 2 fully saturated rings. The fourth-order valence-corrected chi connectivity index (χ4v) is 5.88. The van der Waals surface area contributed by atoms with Gasteiger partial charge < -0.3 is 29.6 Å². The zero-order valence-electron chi connectivity index (χ0n) is 21.5. The minimum atomic E-state index is -1.14. The number of anilines is 1. The summed E-state index contributed by atoms with van der Waals surface area (Å²) in [5.74, 6) is -3.71. The molecule has 5 rings (SSSR count). The Morgan fingerprint density at radius 2 is 1.97 bits per heavy atom. The molecule has 1 aromatic carbocycles. The Hall–Kier alpha value is -3.73. The van der Waals surface area contributed by atoms with Crippen molar-refractivity contribution in [3.05, 3.63) is 48.1 Å². The Labute approximate surface area is 218 Å². The summed E-state index contributed by atoms with van der Waals surface area (Å²) in [6.07, 6.45) is 1.52. The molecular formula is C27H30F2N4O5. The number of phenolic OH excluding ortho intramolecular Hbond substituents is 1. The van der Waals surface area contributed by atoms with E-state index < -0.39 is 57.5 Å². The van der Waals surface area contributed by atoms with Crippen LogP contribution in [-0.2, 0) is 4.79 Å². The molecule has 0 spiro atoms. The number of fused-ring (bicyclic) bond motifs is 2. The molecule has 3 aliphatic heterocycles. The molecule has 2 saturated heterocycles. The molecule has 1 aromatic heterocycles. The van der Waals surface area contributed by atoms with Crippen molar-refractivity contribution >= 4 is 17.6 Å². The number of β-amino-alcohol motifs (C(OH)–C–C–N with tert-alkyl or cyclic N) is 1. The molecule has 1 unspecified atom stereocenters. The maximum absolute atomic E-state index is 16.1. The first-order valence-corrected chi connectivity index (χ1v) is 12.4. The van der Waals surface area contributed by atoms with Gasteiger partial charge in [0, 0.05) is 38.1 Å². The van der Waals surface area contributed by atoms with Crippen molar-refractivity contribution in [2.75, 3.05) is 37.7 Å². The molecule has 38 heavy (non-hydrogen) atoms. The van der Waals surface area contributed by atoms with Gasteiger partial charge in [0.05, 0.1) is 17.2 Å². The highest BCUT2D eigenvalue weighted by atomic mass is 19.1. The second-order valence-corrected chi connectivity index (χ2v) is 11.0. The number of carbonyl (C=O) groups excluding carboxylic acids is 2. The van der Waals surface area contributed by atoms with Crippen LogP contribution in [0.3, 0.4) is 0 Å². The van der Waals surface area contributed by atoms with E-state index in [-0.39, 0.29) is 50.1 Å². The summed E-state index contributed by atoms with van der Waals surface area (Å²) < 4.78 is 36.9. The number of aliphatic hydroxyl groups is 1. The number of amides is 2. The van der Waals surface area contributed by atoms with Gasteiger partial charge in [0.25, 0.3) is 5.91 Å². The third kappa shape index (κ3) is 4.14. The van der Waals surface area contributed by atoms with Crippen LogP contribution in [0.5, 0.6) is 11.5 Å². The van der Waals surface area contributed by atoms with Crippen LogP contribution in [0.2, 0.25) is 0 Å². The molecular weight excluding hydrogens is 498 g/mol. The Bertz CT molecular complexity index is 1320. The number of piperazine rings is 1. The minimum Gasteiger partial charge on any atom is -0.507 e. The van der Waals surface area contributed by atoms with Crippen molar-refractivity contribution in [2.24, 2.45) is 0 Å². The van der Waals surface area contributed by atoms with Crippen molar-refractivity contribution < 1.29 is 33.3 Å². The zero-order valence-corrected chi connectivity index (χ0v) is 21.5. The van der Waals surface area contributed by atoms with Crippen molar-refractivity contribution in [3.8, 4) is 22.8 Å². The van der Waals surface area contributed by atoms with Crippen molar-refractivity contribution in [2.45, 2.75) is 44.4 Å². The van der Waals surface area contributed by atoms with Gasteiger partial charge in [-0.3, -0.25) is 9.59 Å². The predicted octanol–water partition coefficient (Wildman–Crippen LogP) is 2.70. The summed E-state index contributed by atoms with van der Waals surface area (Å²) in [7, 11) is 0. The summed E-state index contributed by atoms with van der Waals surface area (Å²) in [4.78, 5) is 35.4. The molecule has 3 aliphatic rings. The third-order valence-electron chi connectivity index (χ3n) is 7.47. The molecule has 2 atom stereocenters. The Balaban J connectivity index is 1.71. The number of hydrogen-bond donors (Lipinski definition) is 2. The number of phenols is 1. The van der Waals surface area contributed by atoms with Crippen LogP contribution in [0.25, 0.3) is 11.3 Å². The molecule has 2 amide bonds. The predicted molar refractivity (Wildman–Crippen MR) is 135 cm³/mol. The quantitative estimate of drug-likeness (QED) is 0.590. The largest absolute Gasteiger partial charge is 0.507 e. The smallest absolute Gasteiger partial charge is 0.262 e. The second kappa shape index (κ2) is 8.93.